The van der Waals surface area contributed by atoms with E-state index in [4.69, 9.17) is 5.73 Å². The molecule has 66 valence electrons. The first-order valence-electron chi connectivity index (χ1n) is 3.90. The summed E-state index contributed by atoms with van der Waals surface area (Å²) in [6.07, 6.45) is 0. The predicted molar refractivity (Wildman–Crippen MR) is 50.5 cm³/mol. The summed E-state index contributed by atoms with van der Waals surface area (Å²) in [5, 5.41) is 0.435. The molecule has 3 heteroatoms. The Morgan fingerprint density at radius 2 is 1.73 bits per heavy atom. The molecular formula is C8H17NOS. The number of rotatable bonds is 4. The summed E-state index contributed by atoms with van der Waals surface area (Å²) in [4.78, 5) is 10.7. The van der Waals surface area contributed by atoms with Crippen LogP contribution in [0.3, 0.4) is 0 Å². The molecule has 0 aliphatic carbocycles. The van der Waals surface area contributed by atoms with Gasteiger partial charge in [-0.25, -0.2) is 0 Å². The predicted octanol–water partition coefficient (Wildman–Crippen LogP) is 1.64. The maximum Gasteiger partial charge on any atom is 0.230 e. The molecule has 2 nitrogen and oxygen atoms in total. The summed E-state index contributed by atoms with van der Waals surface area (Å²) in [6.45, 7) is 8.26. The summed E-state index contributed by atoms with van der Waals surface area (Å²) in [6, 6.07) is 0. The Morgan fingerprint density at radius 1 is 1.27 bits per heavy atom. The first-order chi connectivity index (χ1) is 4.95. The molecule has 1 amide bonds. The van der Waals surface area contributed by atoms with Crippen LogP contribution >= 0.6 is 11.8 Å². The van der Waals surface area contributed by atoms with E-state index in [0.717, 1.165) is 0 Å². The van der Waals surface area contributed by atoms with Gasteiger partial charge in [-0.15, -0.1) is 11.8 Å². The third-order valence-corrected chi connectivity index (χ3v) is 3.37. The van der Waals surface area contributed by atoms with E-state index in [1.54, 1.807) is 11.8 Å². The summed E-state index contributed by atoms with van der Waals surface area (Å²) in [5.41, 5.74) is 5.12. The average molecular weight is 175 g/mol. The van der Waals surface area contributed by atoms with Crippen molar-refractivity contribution >= 4 is 17.7 Å². The highest BCUT2D eigenvalue weighted by Gasteiger charge is 2.15. The number of amides is 1. The van der Waals surface area contributed by atoms with E-state index < -0.39 is 0 Å². The standard InChI is InChI=1S/C8H17NOS/c1-5(2)6(3)11-7(4)8(9)10/h5-7H,1-4H3,(H2,9,10). The van der Waals surface area contributed by atoms with Crippen LogP contribution in [0.4, 0.5) is 0 Å². The van der Waals surface area contributed by atoms with Gasteiger partial charge in [0.2, 0.25) is 5.91 Å². The average Bonchev–Trinajstić information content (AvgIpc) is 1.87. The Kier molecular flexibility index (Phi) is 4.57. The molecule has 0 rings (SSSR count). The van der Waals surface area contributed by atoms with Gasteiger partial charge in [0, 0.05) is 5.25 Å². The quantitative estimate of drug-likeness (QED) is 0.706. The van der Waals surface area contributed by atoms with Gasteiger partial charge in [0.1, 0.15) is 0 Å². The Bertz CT molecular complexity index is 136. The third kappa shape index (κ3) is 4.30. The highest BCUT2D eigenvalue weighted by molar-refractivity contribution is 8.01. The van der Waals surface area contributed by atoms with E-state index in [1.165, 1.54) is 0 Å². The van der Waals surface area contributed by atoms with E-state index in [2.05, 4.69) is 20.8 Å². The molecule has 0 aromatic carbocycles. The van der Waals surface area contributed by atoms with Crippen molar-refractivity contribution in [2.75, 3.05) is 0 Å². The van der Waals surface area contributed by atoms with Crippen molar-refractivity contribution in [1.82, 2.24) is 0 Å². The lowest BCUT2D eigenvalue weighted by atomic mass is 10.2. The maximum atomic E-state index is 10.7. The first-order valence-corrected chi connectivity index (χ1v) is 4.84. The van der Waals surface area contributed by atoms with Gasteiger partial charge in [-0.1, -0.05) is 20.8 Å². The number of carbonyl (C=O) groups excluding carboxylic acids is 1. The summed E-state index contributed by atoms with van der Waals surface area (Å²) in [5.74, 6) is 0.379. The highest BCUT2D eigenvalue weighted by atomic mass is 32.2. The zero-order valence-corrected chi connectivity index (χ0v) is 8.44. The summed E-state index contributed by atoms with van der Waals surface area (Å²) >= 11 is 1.64. The van der Waals surface area contributed by atoms with Crippen molar-refractivity contribution in [3.63, 3.8) is 0 Å². The number of primary amides is 1. The minimum Gasteiger partial charge on any atom is -0.369 e. The third-order valence-electron chi connectivity index (χ3n) is 1.76. The molecule has 0 spiro atoms. The van der Waals surface area contributed by atoms with Crippen LogP contribution in [0.5, 0.6) is 0 Å². The molecular weight excluding hydrogens is 158 g/mol. The topological polar surface area (TPSA) is 43.1 Å². The van der Waals surface area contributed by atoms with Crippen LogP contribution in [0.1, 0.15) is 27.7 Å². The molecule has 0 radical (unpaired) electrons. The number of carbonyl (C=O) groups is 1. The van der Waals surface area contributed by atoms with Gasteiger partial charge in [0.05, 0.1) is 5.25 Å². The van der Waals surface area contributed by atoms with Crippen molar-refractivity contribution in [2.24, 2.45) is 11.7 Å². The van der Waals surface area contributed by atoms with Crippen molar-refractivity contribution in [1.29, 1.82) is 0 Å². The van der Waals surface area contributed by atoms with E-state index in [0.29, 0.717) is 11.2 Å². The number of thioether (sulfide) groups is 1. The van der Waals surface area contributed by atoms with Crippen molar-refractivity contribution in [3.05, 3.63) is 0 Å². The second-order valence-electron chi connectivity index (χ2n) is 3.13. The van der Waals surface area contributed by atoms with Crippen LogP contribution < -0.4 is 5.73 Å². The van der Waals surface area contributed by atoms with Crippen LogP contribution in [-0.4, -0.2) is 16.4 Å². The van der Waals surface area contributed by atoms with Crippen LogP contribution in [0.25, 0.3) is 0 Å². The highest BCUT2D eigenvalue weighted by Crippen LogP contribution is 2.22. The lowest BCUT2D eigenvalue weighted by Gasteiger charge is -2.17. The van der Waals surface area contributed by atoms with Crippen LogP contribution in [0, 0.1) is 5.92 Å². The number of nitrogens with two attached hydrogens (primary N) is 1. The first kappa shape index (κ1) is 10.8. The summed E-state index contributed by atoms with van der Waals surface area (Å²) in [7, 11) is 0. The van der Waals surface area contributed by atoms with E-state index in [1.807, 2.05) is 6.92 Å². The van der Waals surface area contributed by atoms with Crippen LogP contribution in [-0.2, 0) is 4.79 Å². The number of hydrogen-bond acceptors (Lipinski definition) is 2. The minimum absolute atomic E-state index is 0.0626. The molecule has 0 aromatic rings. The normalized spacial score (nSPS) is 16.5. The van der Waals surface area contributed by atoms with Gasteiger partial charge in [-0.05, 0) is 12.8 Å². The number of hydrogen-bond donors (Lipinski definition) is 1. The maximum absolute atomic E-state index is 10.7. The fourth-order valence-electron chi connectivity index (χ4n) is 0.546. The van der Waals surface area contributed by atoms with Gasteiger partial charge >= 0.3 is 0 Å². The van der Waals surface area contributed by atoms with Gasteiger partial charge in [0.15, 0.2) is 0 Å². The van der Waals surface area contributed by atoms with E-state index in [9.17, 15) is 4.79 Å². The Morgan fingerprint density at radius 3 is 2.00 bits per heavy atom. The second-order valence-corrected chi connectivity index (χ2v) is 4.85. The zero-order valence-electron chi connectivity index (χ0n) is 7.63. The molecule has 2 unspecified atom stereocenters. The monoisotopic (exact) mass is 175 g/mol. The molecule has 0 heterocycles. The van der Waals surface area contributed by atoms with Crippen molar-refractivity contribution < 1.29 is 4.79 Å². The molecule has 0 bridgehead atoms. The molecule has 0 aliphatic rings. The fraction of sp³-hybridized carbons (Fsp3) is 0.875. The van der Waals surface area contributed by atoms with Crippen LogP contribution in [0.15, 0.2) is 0 Å². The van der Waals surface area contributed by atoms with Crippen molar-refractivity contribution in [3.8, 4) is 0 Å². The SMILES string of the molecule is CC(SC(C)C(C)C)C(N)=O. The lowest BCUT2D eigenvalue weighted by Crippen LogP contribution is -2.25. The molecule has 0 aromatic heterocycles. The van der Waals surface area contributed by atoms with Gasteiger partial charge in [-0.2, -0.15) is 0 Å². The molecule has 0 aliphatic heterocycles. The molecule has 11 heavy (non-hydrogen) atoms. The second kappa shape index (κ2) is 4.65. The molecule has 2 atom stereocenters. The zero-order chi connectivity index (χ0) is 9.02. The van der Waals surface area contributed by atoms with Crippen molar-refractivity contribution in [2.45, 2.75) is 38.2 Å². The minimum atomic E-state index is -0.220. The Balaban J connectivity index is 3.75. The Labute approximate surface area is 72.9 Å². The van der Waals surface area contributed by atoms with E-state index in [-0.39, 0.29) is 11.2 Å². The molecule has 0 saturated carbocycles. The summed E-state index contributed by atoms with van der Waals surface area (Å²) < 4.78 is 0. The lowest BCUT2D eigenvalue weighted by molar-refractivity contribution is -0.117. The molecule has 0 fully saturated rings. The van der Waals surface area contributed by atoms with Gasteiger partial charge in [0.25, 0.3) is 0 Å². The Hall–Kier alpha value is -0.180. The largest absolute Gasteiger partial charge is 0.369 e. The van der Waals surface area contributed by atoms with Gasteiger partial charge in [-0.3, -0.25) is 4.79 Å². The molecule has 0 saturated heterocycles. The van der Waals surface area contributed by atoms with Crippen LogP contribution in [0.2, 0.25) is 0 Å². The fourth-order valence-corrected chi connectivity index (χ4v) is 1.64. The van der Waals surface area contributed by atoms with Gasteiger partial charge < -0.3 is 5.73 Å². The smallest absolute Gasteiger partial charge is 0.230 e. The van der Waals surface area contributed by atoms with E-state index >= 15 is 0 Å². The molecule has 2 N–H and O–H groups in total.